The number of nitrogens with zero attached hydrogens (tertiary/aromatic N) is 2. The summed E-state index contributed by atoms with van der Waals surface area (Å²) >= 11 is 6.00. The number of nitrogens with one attached hydrogen (secondary N) is 1. The summed E-state index contributed by atoms with van der Waals surface area (Å²) in [7, 11) is 0.157. The Bertz CT molecular complexity index is 1150. The highest BCUT2D eigenvalue weighted by atomic mass is 35.5. The van der Waals surface area contributed by atoms with Gasteiger partial charge < -0.3 is 15.0 Å². The van der Waals surface area contributed by atoms with E-state index < -0.39 is 10.0 Å². The van der Waals surface area contributed by atoms with Crippen LogP contribution >= 0.6 is 11.6 Å². The van der Waals surface area contributed by atoms with Crippen molar-refractivity contribution in [3.63, 3.8) is 0 Å². The highest BCUT2D eigenvalue weighted by Gasteiger charge is 2.33. The van der Waals surface area contributed by atoms with E-state index in [-0.39, 0.29) is 48.2 Å². The van der Waals surface area contributed by atoms with Crippen LogP contribution in [-0.2, 0) is 19.6 Å². The van der Waals surface area contributed by atoms with Gasteiger partial charge in [-0.25, -0.2) is 8.42 Å². The van der Waals surface area contributed by atoms with Crippen molar-refractivity contribution in [2.75, 3.05) is 46.9 Å². The number of hydrogen-bond donors (Lipinski definition) is 1. The number of halogens is 1. The van der Waals surface area contributed by atoms with Crippen LogP contribution in [0.1, 0.15) is 41.7 Å². The average molecular weight is 536 g/mol. The number of piperidine rings is 1. The van der Waals surface area contributed by atoms with E-state index in [1.165, 1.54) is 16.4 Å². The number of ether oxygens (including phenoxy) is 1. The fourth-order valence-electron chi connectivity index (χ4n) is 4.28. The van der Waals surface area contributed by atoms with Crippen LogP contribution in [0, 0.1) is 5.92 Å². The van der Waals surface area contributed by atoms with Crippen LogP contribution in [0.5, 0.6) is 0 Å². The number of benzene rings is 2. The molecule has 1 aliphatic rings. The van der Waals surface area contributed by atoms with Crippen molar-refractivity contribution < 1.29 is 22.7 Å². The minimum Gasteiger partial charge on any atom is -0.466 e. The average Bonchev–Trinajstić information content (AvgIpc) is 2.87. The summed E-state index contributed by atoms with van der Waals surface area (Å²) < 4.78 is 32.8. The molecule has 0 aliphatic carbocycles. The molecule has 0 saturated carbocycles. The Morgan fingerprint density at radius 1 is 1.14 bits per heavy atom. The standard InChI is InChI=1S/C26H34ClN3O5S/c1-4-35-26(32)20-12-14-30(15-13-20)36(33,34)23-7-5-6-21(16-23)25(31)18-28-17-24(29(2)3)19-8-10-22(27)11-9-19/h5-11,16,20,24,28H,4,12-15,17-18H2,1-3H3. The predicted molar refractivity (Wildman–Crippen MR) is 140 cm³/mol. The fourth-order valence-corrected chi connectivity index (χ4v) is 5.92. The number of rotatable bonds is 11. The van der Waals surface area contributed by atoms with Gasteiger partial charge in [0.25, 0.3) is 0 Å². The molecule has 0 aromatic heterocycles. The monoisotopic (exact) mass is 535 g/mol. The van der Waals surface area contributed by atoms with Crippen LogP contribution in [0.4, 0.5) is 0 Å². The molecule has 1 unspecified atom stereocenters. The third-order valence-corrected chi connectivity index (χ3v) is 8.52. The lowest BCUT2D eigenvalue weighted by Crippen LogP contribution is -2.40. The van der Waals surface area contributed by atoms with Gasteiger partial charge in [0.2, 0.25) is 10.0 Å². The first-order valence-corrected chi connectivity index (χ1v) is 13.9. The Morgan fingerprint density at radius 3 is 2.42 bits per heavy atom. The summed E-state index contributed by atoms with van der Waals surface area (Å²) in [6.07, 6.45) is 0.836. The molecule has 1 aliphatic heterocycles. The molecule has 0 bridgehead atoms. The number of likely N-dealkylation sites (N-methyl/N-ethyl adjacent to an activating group) is 1. The third-order valence-electron chi connectivity index (χ3n) is 6.37. The maximum absolute atomic E-state index is 13.2. The molecule has 10 heteroatoms. The molecule has 196 valence electrons. The Balaban J connectivity index is 1.61. The van der Waals surface area contributed by atoms with Gasteiger partial charge in [0.15, 0.2) is 5.78 Å². The molecular weight excluding hydrogens is 502 g/mol. The smallest absolute Gasteiger partial charge is 0.309 e. The molecule has 36 heavy (non-hydrogen) atoms. The quantitative estimate of drug-likeness (QED) is 0.348. The van der Waals surface area contributed by atoms with Crippen LogP contribution < -0.4 is 5.32 Å². The number of hydrogen-bond acceptors (Lipinski definition) is 7. The van der Waals surface area contributed by atoms with Gasteiger partial charge >= 0.3 is 5.97 Å². The van der Waals surface area contributed by atoms with E-state index in [0.29, 0.717) is 36.6 Å². The molecule has 1 atom stereocenters. The largest absolute Gasteiger partial charge is 0.466 e. The van der Waals surface area contributed by atoms with E-state index in [2.05, 4.69) is 10.2 Å². The van der Waals surface area contributed by atoms with Gasteiger partial charge in [-0.05, 0) is 63.7 Å². The number of Topliss-reactive ketones (excluding diaryl/α,β-unsaturated/α-hetero) is 1. The second kappa shape index (κ2) is 12.8. The highest BCUT2D eigenvalue weighted by Crippen LogP contribution is 2.25. The number of carbonyl (C=O) groups is 2. The highest BCUT2D eigenvalue weighted by molar-refractivity contribution is 7.89. The van der Waals surface area contributed by atoms with E-state index >= 15 is 0 Å². The van der Waals surface area contributed by atoms with E-state index in [9.17, 15) is 18.0 Å². The summed E-state index contributed by atoms with van der Waals surface area (Å²) in [5.74, 6) is -0.752. The zero-order valence-corrected chi connectivity index (χ0v) is 22.5. The second-order valence-electron chi connectivity index (χ2n) is 9.04. The minimum absolute atomic E-state index is 0.0410. The van der Waals surface area contributed by atoms with Crippen molar-refractivity contribution in [3.05, 3.63) is 64.7 Å². The van der Waals surface area contributed by atoms with E-state index in [4.69, 9.17) is 16.3 Å². The SMILES string of the molecule is CCOC(=O)C1CCN(S(=O)(=O)c2cccc(C(=O)CNCC(c3ccc(Cl)cc3)N(C)C)c2)CC1. The Morgan fingerprint density at radius 2 is 1.81 bits per heavy atom. The van der Waals surface area contributed by atoms with Gasteiger partial charge in [-0.3, -0.25) is 9.59 Å². The lowest BCUT2D eigenvalue weighted by Gasteiger charge is -2.30. The number of sulfonamides is 1. The van der Waals surface area contributed by atoms with Crippen LogP contribution in [-0.4, -0.2) is 76.3 Å². The Hall–Kier alpha value is -2.30. The van der Waals surface area contributed by atoms with Gasteiger partial charge in [-0.1, -0.05) is 35.9 Å². The number of ketones is 1. The molecule has 1 N–H and O–H groups in total. The summed E-state index contributed by atoms with van der Waals surface area (Å²) in [6.45, 7) is 3.15. The molecule has 1 fully saturated rings. The maximum atomic E-state index is 13.2. The van der Waals surface area contributed by atoms with E-state index in [0.717, 1.165) is 5.56 Å². The third kappa shape index (κ3) is 7.14. The predicted octanol–water partition coefficient (Wildman–Crippen LogP) is 3.38. The fraction of sp³-hybridized carbons (Fsp3) is 0.462. The minimum atomic E-state index is -3.77. The molecule has 2 aromatic carbocycles. The van der Waals surface area contributed by atoms with Crippen LogP contribution in [0.25, 0.3) is 0 Å². The topological polar surface area (TPSA) is 96.0 Å². The molecule has 3 rings (SSSR count). The van der Waals surface area contributed by atoms with Crippen LogP contribution in [0.3, 0.4) is 0 Å². The zero-order chi connectivity index (χ0) is 26.3. The normalized spacial score (nSPS) is 16.1. The summed E-state index contributed by atoms with van der Waals surface area (Å²) in [5, 5.41) is 3.86. The molecule has 0 radical (unpaired) electrons. The van der Waals surface area contributed by atoms with Crippen molar-refractivity contribution >= 4 is 33.4 Å². The van der Waals surface area contributed by atoms with Gasteiger partial charge in [-0.2, -0.15) is 4.31 Å². The van der Waals surface area contributed by atoms with Crippen LogP contribution in [0.15, 0.2) is 53.4 Å². The molecule has 1 saturated heterocycles. The number of esters is 1. The lowest BCUT2D eigenvalue weighted by atomic mass is 9.98. The van der Waals surface area contributed by atoms with Crippen molar-refractivity contribution in [3.8, 4) is 0 Å². The molecule has 0 amide bonds. The van der Waals surface area contributed by atoms with Gasteiger partial charge in [0.05, 0.1) is 24.0 Å². The number of carbonyl (C=O) groups excluding carboxylic acids is 2. The van der Waals surface area contributed by atoms with Crippen LogP contribution in [0.2, 0.25) is 5.02 Å². The summed E-state index contributed by atoms with van der Waals surface area (Å²) in [6, 6.07) is 13.8. The van der Waals surface area contributed by atoms with E-state index in [1.807, 2.05) is 38.4 Å². The van der Waals surface area contributed by atoms with Crippen molar-refractivity contribution in [2.45, 2.75) is 30.7 Å². The Kier molecular flexibility index (Phi) is 10.0. The molecule has 0 spiro atoms. The van der Waals surface area contributed by atoms with Crippen molar-refractivity contribution in [2.24, 2.45) is 5.92 Å². The zero-order valence-electron chi connectivity index (χ0n) is 20.9. The van der Waals surface area contributed by atoms with Crippen molar-refractivity contribution in [1.29, 1.82) is 0 Å². The Labute approximate surface area is 218 Å². The van der Waals surface area contributed by atoms with Gasteiger partial charge in [-0.15, -0.1) is 0 Å². The molecular formula is C26H34ClN3O5S. The first-order valence-electron chi connectivity index (χ1n) is 12.1. The van der Waals surface area contributed by atoms with Gasteiger partial charge in [0.1, 0.15) is 0 Å². The summed E-state index contributed by atoms with van der Waals surface area (Å²) in [4.78, 5) is 27.0. The van der Waals surface area contributed by atoms with Crippen molar-refractivity contribution in [1.82, 2.24) is 14.5 Å². The lowest BCUT2D eigenvalue weighted by molar-refractivity contribution is -0.149. The molecule has 2 aromatic rings. The summed E-state index contributed by atoms with van der Waals surface area (Å²) in [5.41, 5.74) is 1.40. The first kappa shape index (κ1) is 28.3. The van der Waals surface area contributed by atoms with Gasteiger partial charge in [0, 0.05) is 36.3 Å². The maximum Gasteiger partial charge on any atom is 0.309 e. The first-order chi connectivity index (χ1) is 17.1. The molecule has 1 heterocycles. The molecule has 8 nitrogen and oxygen atoms in total. The van der Waals surface area contributed by atoms with E-state index in [1.54, 1.807) is 19.1 Å². The second-order valence-corrected chi connectivity index (χ2v) is 11.4.